The molecule has 0 radical (unpaired) electrons. The minimum atomic E-state index is -0.609. The Hall–Kier alpha value is -2.28. The molecule has 0 saturated heterocycles. The molecule has 0 fully saturated rings. The predicted molar refractivity (Wildman–Crippen MR) is 72.4 cm³/mol. The minimum Gasteiger partial charge on any atom is -0.496 e. The van der Waals surface area contributed by atoms with Crippen molar-refractivity contribution in [2.75, 3.05) is 13.7 Å². The first kappa shape index (κ1) is 14.8. The van der Waals surface area contributed by atoms with Crippen LogP contribution in [0.4, 0.5) is 0 Å². The molecule has 0 bridgehead atoms. The van der Waals surface area contributed by atoms with E-state index in [4.69, 9.17) is 14.7 Å². The number of esters is 1. The quantitative estimate of drug-likeness (QED) is 0.463. The van der Waals surface area contributed by atoms with Gasteiger partial charge in [-0.05, 0) is 18.1 Å². The topological polar surface area (TPSA) is 59.3 Å². The molecule has 0 N–H and O–H groups in total. The van der Waals surface area contributed by atoms with E-state index in [1.54, 1.807) is 12.1 Å². The smallest absolute Gasteiger partial charge is 0.348 e. The summed E-state index contributed by atoms with van der Waals surface area (Å²) in [5, 5.41) is 9.03. The number of carbonyl (C=O) groups excluding carboxylic acids is 1. The van der Waals surface area contributed by atoms with Crippen molar-refractivity contribution in [1.82, 2.24) is 0 Å². The maximum absolute atomic E-state index is 11.7. The number of para-hydroxylation sites is 1. The highest BCUT2D eigenvalue weighted by molar-refractivity contribution is 5.98. The van der Waals surface area contributed by atoms with E-state index in [1.165, 1.54) is 13.2 Å². The van der Waals surface area contributed by atoms with Crippen molar-refractivity contribution in [3.8, 4) is 11.8 Å². The Morgan fingerprint density at radius 1 is 1.42 bits per heavy atom. The third-order valence-electron chi connectivity index (χ3n) is 2.33. The molecule has 0 aromatic heterocycles. The Balaban J connectivity index is 2.93. The average molecular weight is 259 g/mol. The normalized spacial score (nSPS) is 11.0. The molecule has 0 heterocycles. The Morgan fingerprint density at radius 3 is 2.68 bits per heavy atom. The van der Waals surface area contributed by atoms with Crippen LogP contribution >= 0.6 is 0 Å². The lowest BCUT2D eigenvalue weighted by Crippen LogP contribution is -2.11. The predicted octanol–water partition coefficient (Wildman–Crippen LogP) is 2.80. The highest BCUT2D eigenvalue weighted by atomic mass is 16.5. The summed E-state index contributed by atoms with van der Waals surface area (Å²) < 4.78 is 10.2. The van der Waals surface area contributed by atoms with Gasteiger partial charge in [0, 0.05) is 5.56 Å². The standard InChI is InChI=1S/C15H17NO3/c1-11(2)10-19-15(17)13(9-16)8-12-6-4-5-7-14(12)18-3/h4-8,11H,10H2,1-3H3/b13-8+. The summed E-state index contributed by atoms with van der Waals surface area (Å²) in [4.78, 5) is 11.7. The molecule has 0 atom stereocenters. The van der Waals surface area contributed by atoms with Crippen LogP contribution in [-0.4, -0.2) is 19.7 Å². The van der Waals surface area contributed by atoms with Crippen molar-refractivity contribution in [3.63, 3.8) is 0 Å². The van der Waals surface area contributed by atoms with Gasteiger partial charge in [0.05, 0.1) is 13.7 Å². The van der Waals surface area contributed by atoms with Crippen LogP contribution in [0, 0.1) is 17.2 Å². The molecule has 4 nitrogen and oxygen atoms in total. The fourth-order valence-corrected chi connectivity index (χ4v) is 1.40. The number of hydrogen-bond donors (Lipinski definition) is 0. The molecule has 19 heavy (non-hydrogen) atoms. The Morgan fingerprint density at radius 2 is 2.11 bits per heavy atom. The molecule has 100 valence electrons. The highest BCUT2D eigenvalue weighted by Crippen LogP contribution is 2.20. The van der Waals surface area contributed by atoms with Gasteiger partial charge in [-0.3, -0.25) is 0 Å². The van der Waals surface area contributed by atoms with Crippen molar-refractivity contribution < 1.29 is 14.3 Å². The molecule has 1 aromatic carbocycles. The van der Waals surface area contributed by atoms with Crippen molar-refractivity contribution in [2.45, 2.75) is 13.8 Å². The molecule has 4 heteroatoms. The molecule has 0 unspecified atom stereocenters. The Kier molecular flexibility index (Phi) is 5.62. The van der Waals surface area contributed by atoms with Crippen LogP contribution in [0.25, 0.3) is 6.08 Å². The van der Waals surface area contributed by atoms with Crippen LogP contribution < -0.4 is 4.74 Å². The van der Waals surface area contributed by atoms with E-state index in [9.17, 15) is 4.79 Å². The van der Waals surface area contributed by atoms with Crippen LogP contribution in [0.1, 0.15) is 19.4 Å². The highest BCUT2D eigenvalue weighted by Gasteiger charge is 2.12. The third kappa shape index (κ3) is 4.47. The molecular formula is C15H17NO3. The number of methoxy groups -OCH3 is 1. The SMILES string of the molecule is COc1ccccc1/C=C(\C#N)C(=O)OCC(C)C. The van der Waals surface area contributed by atoms with E-state index < -0.39 is 5.97 Å². The molecule has 0 saturated carbocycles. The van der Waals surface area contributed by atoms with E-state index in [1.807, 2.05) is 32.0 Å². The minimum absolute atomic E-state index is 0.0369. The summed E-state index contributed by atoms with van der Waals surface area (Å²) in [7, 11) is 1.54. The van der Waals surface area contributed by atoms with Gasteiger partial charge in [0.1, 0.15) is 17.4 Å². The molecule has 0 aliphatic rings. The van der Waals surface area contributed by atoms with E-state index in [2.05, 4.69) is 0 Å². The van der Waals surface area contributed by atoms with Gasteiger partial charge in [-0.1, -0.05) is 32.0 Å². The van der Waals surface area contributed by atoms with Gasteiger partial charge in [-0.2, -0.15) is 5.26 Å². The Labute approximate surface area is 113 Å². The van der Waals surface area contributed by atoms with E-state index in [0.717, 1.165) is 0 Å². The molecule has 0 spiro atoms. The van der Waals surface area contributed by atoms with E-state index in [-0.39, 0.29) is 11.5 Å². The summed E-state index contributed by atoms with van der Waals surface area (Å²) in [6.45, 7) is 4.16. The lowest BCUT2D eigenvalue weighted by molar-refractivity contribution is -0.139. The molecule has 0 aliphatic carbocycles. The average Bonchev–Trinajstić information content (AvgIpc) is 2.42. The zero-order chi connectivity index (χ0) is 14.3. The van der Waals surface area contributed by atoms with Crippen molar-refractivity contribution >= 4 is 12.0 Å². The number of benzene rings is 1. The van der Waals surface area contributed by atoms with Crippen molar-refractivity contribution in [3.05, 3.63) is 35.4 Å². The van der Waals surface area contributed by atoms with Gasteiger partial charge in [0.25, 0.3) is 0 Å². The second-order valence-corrected chi connectivity index (χ2v) is 4.40. The van der Waals surface area contributed by atoms with E-state index >= 15 is 0 Å². The second kappa shape index (κ2) is 7.22. The zero-order valence-electron chi connectivity index (χ0n) is 11.3. The van der Waals surface area contributed by atoms with Gasteiger partial charge >= 0.3 is 5.97 Å². The lowest BCUT2D eigenvalue weighted by Gasteiger charge is -2.07. The number of nitrogens with zero attached hydrogens (tertiary/aromatic N) is 1. The van der Waals surface area contributed by atoms with Gasteiger partial charge in [0.2, 0.25) is 0 Å². The third-order valence-corrected chi connectivity index (χ3v) is 2.33. The maximum atomic E-state index is 11.7. The van der Waals surface area contributed by atoms with Crippen LogP contribution in [0.3, 0.4) is 0 Å². The zero-order valence-corrected chi connectivity index (χ0v) is 11.3. The molecule has 1 rings (SSSR count). The van der Waals surface area contributed by atoms with Gasteiger partial charge in [0.15, 0.2) is 0 Å². The molecule has 1 aromatic rings. The van der Waals surface area contributed by atoms with Gasteiger partial charge in [-0.15, -0.1) is 0 Å². The van der Waals surface area contributed by atoms with E-state index in [0.29, 0.717) is 17.9 Å². The first-order valence-corrected chi connectivity index (χ1v) is 6.00. The molecule has 0 aliphatic heterocycles. The van der Waals surface area contributed by atoms with Crippen molar-refractivity contribution in [2.24, 2.45) is 5.92 Å². The second-order valence-electron chi connectivity index (χ2n) is 4.40. The summed E-state index contributed by atoms with van der Waals surface area (Å²) in [6.07, 6.45) is 1.47. The summed E-state index contributed by atoms with van der Waals surface area (Å²) in [6, 6.07) is 9.02. The number of rotatable bonds is 5. The molecular weight excluding hydrogens is 242 g/mol. The van der Waals surface area contributed by atoms with Crippen molar-refractivity contribution in [1.29, 1.82) is 5.26 Å². The largest absolute Gasteiger partial charge is 0.496 e. The Bertz CT molecular complexity index is 512. The van der Waals surface area contributed by atoms with Gasteiger partial charge in [-0.25, -0.2) is 4.79 Å². The number of hydrogen-bond acceptors (Lipinski definition) is 4. The van der Waals surface area contributed by atoms with Crippen LogP contribution in [0.15, 0.2) is 29.8 Å². The monoisotopic (exact) mass is 259 g/mol. The number of carbonyl (C=O) groups is 1. The first-order chi connectivity index (χ1) is 9.08. The van der Waals surface area contributed by atoms with Crippen LogP contribution in [-0.2, 0) is 9.53 Å². The van der Waals surface area contributed by atoms with Crippen LogP contribution in [0.2, 0.25) is 0 Å². The summed E-state index contributed by atoms with van der Waals surface area (Å²) in [5.74, 6) is 0.226. The molecule has 0 amide bonds. The maximum Gasteiger partial charge on any atom is 0.348 e. The fraction of sp³-hybridized carbons (Fsp3) is 0.333. The summed E-state index contributed by atoms with van der Waals surface area (Å²) >= 11 is 0. The fourth-order valence-electron chi connectivity index (χ4n) is 1.40. The lowest BCUT2D eigenvalue weighted by atomic mass is 10.1. The number of ether oxygens (including phenoxy) is 2. The van der Waals surface area contributed by atoms with Gasteiger partial charge < -0.3 is 9.47 Å². The summed E-state index contributed by atoms with van der Waals surface area (Å²) in [5.41, 5.74) is 0.633. The number of nitriles is 1. The first-order valence-electron chi connectivity index (χ1n) is 6.00. The van der Waals surface area contributed by atoms with Crippen LogP contribution in [0.5, 0.6) is 5.75 Å².